The Balaban J connectivity index is 1.20. The lowest BCUT2D eigenvalue weighted by Gasteiger charge is -2.18. The van der Waals surface area contributed by atoms with E-state index in [2.05, 4.69) is 151 Å². The van der Waals surface area contributed by atoms with Crippen LogP contribution in [0.3, 0.4) is 0 Å². The average molecular weight is 601 g/mol. The van der Waals surface area contributed by atoms with Gasteiger partial charge in [-0.15, -0.1) is 0 Å². The minimum atomic E-state index is 0.893. The fraction of sp³-hybridized carbons (Fsp3) is 0. The van der Waals surface area contributed by atoms with Crippen LogP contribution in [0.2, 0.25) is 0 Å². The van der Waals surface area contributed by atoms with Crippen LogP contribution in [0, 0.1) is 0 Å². The number of hydrogen-bond donors (Lipinski definition) is 1. The number of benzene rings is 8. The molecule has 0 heterocycles. The molecule has 8 rings (SSSR count). The molecule has 0 atom stereocenters. The highest BCUT2D eigenvalue weighted by atomic mass is 14.9. The number of fused-ring (bicyclic) bond motifs is 2. The average Bonchev–Trinajstić information content (AvgIpc) is 3.14. The summed E-state index contributed by atoms with van der Waals surface area (Å²) in [6.45, 7) is 0. The van der Waals surface area contributed by atoms with Crippen molar-refractivity contribution in [2.24, 2.45) is 4.99 Å². The minimum Gasteiger partial charge on any atom is -0.354 e. The van der Waals surface area contributed by atoms with Crippen molar-refractivity contribution in [3.8, 4) is 33.4 Å². The van der Waals surface area contributed by atoms with Crippen LogP contribution >= 0.6 is 0 Å². The van der Waals surface area contributed by atoms with Gasteiger partial charge in [0.1, 0.15) is 0 Å². The summed E-state index contributed by atoms with van der Waals surface area (Å²) in [6, 6.07) is 64.3. The van der Waals surface area contributed by atoms with Crippen molar-refractivity contribution in [1.29, 1.82) is 0 Å². The normalized spacial score (nSPS) is 11.3. The second-order valence-electron chi connectivity index (χ2n) is 11.7. The van der Waals surface area contributed by atoms with Crippen LogP contribution in [-0.4, -0.2) is 6.21 Å². The van der Waals surface area contributed by atoms with Gasteiger partial charge in [0.2, 0.25) is 0 Å². The Hall–Kier alpha value is -6.25. The van der Waals surface area contributed by atoms with Crippen LogP contribution < -0.4 is 5.32 Å². The van der Waals surface area contributed by atoms with E-state index in [0.717, 1.165) is 22.6 Å². The minimum absolute atomic E-state index is 0.893. The Kier molecular flexibility index (Phi) is 7.59. The van der Waals surface area contributed by atoms with Gasteiger partial charge in [0.15, 0.2) is 0 Å². The molecule has 0 aromatic heterocycles. The summed E-state index contributed by atoms with van der Waals surface area (Å²) >= 11 is 0. The lowest BCUT2D eigenvalue weighted by molar-refractivity contribution is 1.48. The lowest BCUT2D eigenvalue weighted by Crippen LogP contribution is -1.92. The predicted octanol–water partition coefficient (Wildman–Crippen LogP) is 12.5. The van der Waals surface area contributed by atoms with Crippen LogP contribution in [0.1, 0.15) is 5.56 Å². The lowest BCUT2D eigenvalue weighted by atomic mass is 9.85. The zero-order valence-electron chi connectivity index (χ0n) is 25.8. The first-order chi connectivity index (χ1) is 23.3. The van der Waals surface area contributed by atoms with Crippen molar-refractivity contribution in [3.05, 3.63) is 188 Å². The molecule has 0 spiro atoms. The van der Waals surface area contributed by atoms with E-state index in [1.165, 1.54) is 54.9 Å². The van der Waals surface area contributed by atoms with Gasteiger partial charge < -0.3 is 5.32 Å². The molecule has 0 bridgehead atoms. The largest absolute Gasteiger partial charge is 0.354 e. The summed E-state index contributed by atoms with van der Waals surface area (Å²) in [6.07, 6.45) is 1.90. The van der Waals surface area contributed by atoms with E-state index in [1.807, 2.05) is 42.6 Å². The molecular weight excluding hydrogens is 569 g/mol. The summed E-state index contributed by atoms with van der Waals surface area (Å²) < 4.78 is 0. The van der Waals surface area contributed by atoms with Crippen molar-refractivity contribution in [1.82, 2.24) is 0 Å². The third-order valence-corrected chi connectivity index (χ3v) is 8.70. The van der Waals surface area contributed by atoms with Gasteiger partial charge in [0, 0.05) is 11.9 Å². The zero-order chi connectivity index (χ0) is 31.4. The molecule has 0 saturated heterocycles. The maximum Gasteiger partial charge on any atom is 0.0864 e. The first-order valence-electron chi connectivity index (χ1n) is 16.0. The molecule has 222 valence electrons. The standard InChI is InChI=1S/C45H32N2/c1-4-14-32(15-5-1)31-46-42-22-12-13-23-43(42)47-37-27-24-33(25-28-37)36-26-29-40-41(30-36)45(35-18-8-3-9-19-35)39-21-11-10-20-38(39)44(40)34-16-6-2-7-17-34/h1-31,47H/b46-31+. The number of para-hydroxylation sites is 2. The molecule has 0 radical (unpaired) electrons. The quantitative estimate of drug-likeness (QED) is 0.143. The highest BCUT2D eigenvalue weighted by Gasteiger charge is 2.17. The number of hydrogen-bond acceptors (Lipinski definition) is 2. The van der Waals surface area contributed by atoms with Crippen LogP contribution in [0.15, 0.2) is 187 Å². The molecule has 0 unspecified atom stereocenters. The van der Waals surface area contributed by atoms with E-state index < -0.39 is 0 Å². The molecule has 2 heteroatoms. The number of rotatable bonds is 7. The SMILES string of the molecule is C(=N\c1ccccc1Nc1ccc(-c2ccc3c(-c4ccccc4)c4ccccc4c(-c4ccccc4)c3c2)cc1)/c1ccccc1. The third kappa shape index (κ3) is 5.69. The van der Waals surface area contributed by atoms with Gasteiger partial charge in [-0.25, -0.2) is 0 Å². The smallest absolute Gasteiger partial charge is 0.0864 e. The molecule has 8 aromatic rings. The molecule has 47 heavy (non-hydrogen) atoms. The van der Waals surface area contributed by atoms with Crippen molar-refractivity contribution in [2.45, 2.75) is 0 Å². The van der Waals surface area contributed by atoms with Crippen molar-refractivity contribution < 1.29 is 0 Å². The molecule has 8 aromatic carbocycles. The summed E-state index contributed by atoms with van der Waals surface area (Å²) in [4.78, 5) is 4.76. The summed E-state index contributed by atoms with van der Waals surface area (Å²) in [5, 5.41) is 8.61. The van der Waals surface area contributed by atoms with Crippen molar-refractivity contribution >= 4 is 44.8 Å². The molecule has 0 aliphatic rings. The van der Waals surface area contributed by atoms with Crippen LogP contribution in [-0.2, 0) is 0 Å². The second kappa shape index (κ2) is 12.6. The predicted molar refractivity (Wildman–Crippen MR) is 201 cm³/mol. The number of aliphatic imine (C=N–C) groups is 1. The van der Waals surface area contributed by atoms with Gasteiger partial charge in [-0.2, -0.15) is 0 Å². The highest BCUT2D eigenvalue weighted by Crippen LogP contribution is 2.44. The van der Waals surface area contributed by atoms with Crippen LogP contribution in [0.25, 0.3) is 54.9 Å². The molecule has 0 aliphatic heterocycles. The first-order valence-corrected chi connectivity index (χ1v) is 16.0. The molecule has 0 fully saturated rings. The van der Waals surface area contributed by atoms with E-state index in [1.54, 1.807) is 0 Å². The van der Waals surface area contributed by atoms with E-state index in [0.29, 0.717) is 0 Å². The van der Waals surface area contributed by atoms with Gasteiger partial charge in [0.25, 0.3) is 0 Å². The summed E-state index contributed by atoms with van der Waals surface area (Å²) in [5.41, 5.74) is 11.3. The van der Waals surface area contributed by atoms with Crippen LogP contribution in [0.5, 0.6) is 0 Å². The Bertz CT molecular complexity index is 2340. The maximum atomic E-state index is 4.76. The van der Waals surface area contributed by atoms with E-state index in [-0.39, 0.29) is 0 Å². The van der Waals surface area contributed by atoms with Crippen molar-refractivity contribution in [3.63, 3.8) is 0 Å². The molecule has 0 aliphatic carbocycles. The fourth-order valence-corrected chi connectivity index (χ4v) is 6.47. The Morgan fingerprint density at radius 2 is 0.894 bits per heavy atom. The van der Waals surface area contributed by atoms with Crippen molar-refractivity contribution in [2.75, 3.05) is 5.32 Å². The van der Waals surface area contributed by atoms with Gasteiger partial charge in [-0.05, 0) is 90.8 Å². The number of nitrogens with one attached hydrogen (secondary N) is 1. The van der Waals surface area contributed by atoms with Crippen LogP contribution in [0.4, 0.5) is 17.1 Å². The van der Waals surface area contributed by atoms with E-state index in [9.17, 15) is 0 Å². The first kappa shape index (κ1) is 28.2. The second-order valence-corrected chi connectivity index (χ2v) is 11.7. The molecule has 0 saturated carbocycles. The zero-order valence-corrected chi connectivity index (χ0v) is 25.8. The maximum absolute atomic E-state index is 4.76. The topological polar surface area (TPSA) is 24.4 Å². The third-order valence-electron chi connectivity index (χ3n) is 8.70. The summed E-state index contributed by atoms with van der Waals surface area (Å²) in [5.74, 6) is 0. The van der Waals surface area contributed by atoms with E-state index in [4.69, 9.17) is 4.99 Å². The van der Waals surface area contributed by atoms with Gasteiger partial charge in [-0.1, -0.05) is 152 Å². The number of nitrogens with zero attached hydrogens (tertiary/aromatic N) is 1. The number of anilines is 2. The highest BCUT2D eigenvalue weighted by molar-refractivity contribution is 6.21. The molecular formula is C45H32N2. The van der Waals surface area contributed by atoms with E-state index >= 15 is 0 Å². The Labute approximate surface area is 275 Å². The molecule has 2 nitrogen and oxygen atoms in total. The van der Waals surface area contributed by atoms with Gasteiger partial charge >= 0.3 is 0 Å². The molecule has 1 N–H and O–H groups in total. The Morgan fingerprint density at radius 1 is 0.383 bits per heavy atom. The monoisotopic (exact) mass is 600 g/mol. The summed E-state index contributed by atoms with van der Waals surface area (Å²) in [7, 11) is 0. The Morgan fingerprint density at radius 3 is 1.55 bits per heavy atom. The van der Waals surface area contributed by atoms with Gasteiger partial charge in [0.05, 0.1) is 11.4 Å². The van der Waals surface area contributed by atoms with Gasteiger partial charge in [-0.3, -0.25) is 4.99 Å². The fourth-order valence-electron chi connectivity index (χ4n) is 6.47. The molecule has 0 amide bonds.